The molecule has 0 aromatic heterocycles. The minimum Gasteiger partial charge on any atom is -0.490 e. The molecular formula is C18H32IN3O3. The number of methoxy groups -OCH3 is 1. The van der Waals surface area contributed by atoms with Crippen molar-refractivity contribution in [3.05, 3.63) is 23.8 Å². The summed E-state index contributed by atoms with van der Waals surface area (Å²) in [6.07, 6.45) is 0.867. The Morgan fingerprint density at radius 1 is 1.16 bits per heavy atom. The van der Waals surface area contributed by atoms with Gasteiger partial charge in [-0.1, -0.05) is 6.07 Å². The van der Waals surface area contributed by atoms with Crippen LogP contribution in [0.3, 0.4) is 0 Å². The van der Waals surface area contributed by atoms with E-state index in [0.717, 1.165) is 30.4 Å². The smallest absolute Gasteiger partial charge is 0.191 e. The zero-order valence-electron chi connectivity index (χ0n) is 15.9. The molecule has 0 bridgehead atoms. The fraction of sp³-hybridized carbons (Fsp3) is 0.611. The molecule has 1 unspecified atom stereocenters. The molecular weight excluding hydrogens is 433 g/mol. The average molecular weight is 465 g/mol. The van der Waals surface area contributed by atoms with E-state index in [-0.39, 0.29) is 30.0 Å². The van der Waals surface area contributed by atoms with E-state index in [0.29, 0.717) is 19.8 Å². The lowest BCUT2D eigenvalue weighted by atomic mass is 10.1. The maximum Gasteiger partial charge on any atom is 0.191 e. The number of rotatable bonds is 10. The minimum atomic E-state index is 0. The number of halogens is 1. The van der Waals surface area contributed by atoms with E-state index in [9.17, 15) is 0 Å². The summed E-state index contributed by atoms with van der Waals surface area (Å²) in [5.74, 6) is 2.37. The third-order valence-corrected chi connectivity index (χ3v) is 3.34. The van der Waals surface area contributed by atoms with Gasteiger partial charge < -0.3 is 24.8 Å². The van der Waals surface area contributed by atoms with Gasteiger partial charge in [0.05, 0.1) is 19.8 Å². The van der Waals surface area contributed by atoms with Crippen LogP contribution in [-0.4, -0.2) is 52.5 Å². The Hall–Kier alpha value is -1.22. The molecule has 1 atom stereocenters. The van der Waals surface area contributed by atoms with Crippen LogP contribution in [0.15, 0.2) is 23.2 Å². The van der Waals surface area contributed by atoms with Gasteiger partial charge in [-0.3, -0.25) is 4.99 Å². The Morgan fingerprint density at radius 3 is 2.44 bits per heavy atom. The molecule has 0 saturated heterocycles. The molecule has 1 aromatic rings. The highest BCUT2D eigenvalue weighted by atomic mass is 127. The summed E-state index contributed by atoms with van der Waals surface area (Å²) in [7, 11) is 3.45. The zero-order chi connectivity index (χ0) is 17.8. The lowest BCUT2D eigenvalue weighted by molar-refractivity contribution is 0.179. The first-order valence-electron chi connectivity index (χ1n) is 8.49. The lowest BCUT2D eigenvalue weighted by Crippen LogP contribution is -2.44. The molecule has 0 spiro atoms. The second-order valence-corrected chi connectivity index (χ2v) is 5.40. The van der Waals surface area contributed by atoms with E-state index in [2.05, 4.69) is 28.6 Å². The third-order valence-electron chi connectivity index (χ3n) is 3.34. The van der Waals surface area contributed by atoms with Gasteiger partial charge in [0.2, 0.25) is 0 Å². The molecule has 1 aromatic carbocycles. The highest BCUT2D eigenvalue weighted by Crippen LogP contribution is 2.28. The Bertz CT molecular complexity index is 512. The van der Waals surface area contributed by atoms with Crippen molar-refractivity contribution in [3.8, 4) is 11.5 Å². The second-order valence-electron chi connectivity index (χ2n) is 5.40. The Kier molecular flexibility index (Phi) is 13.3. The molecule has 2 N–H and O–H groups in total. The summed E-state index contributed by atoms with van der Waals surface area (Å²) in [5.41, 5.74) is 1.19. The van der Waals surface area contributed by atoms with E-state index >= 15 is 0 Å². The maximum atomic E-state index is 5.66. The Morgan fingerprint density at radius 2 is 1.84 bits per heavy atom. The number of guanidine groups is 1. The van der Waals surface area contributed by atoms with Crippen LogP contribution in [0.5, 0.6) is 11.5 Å². The Balaban J connectivity index is 0.00000576. The molecule has 0 heterocycles. The fourth-order valence-corrected chi connectivity index (χ4v) is 2.30. The van der Waals surface area contributed by atoms with Crippen molar-refractivity contribution in [1.29, 1.82) is 0 Å². The molecule has 0 aliphatic heterocycles. The van der Waals surface area contributed by atoms with E-state index in [1.54, 1.807) is 14.2 Å². The number of nitrogens with one attached hydrogen (secondary N) is 2. The standard InChI is InChI=1S/C18H31N3O3.HI/c1-6-23-16-9-8-15(12-17(16)24-7-2)10-11-20-18(19-4)21-14(3)13-22-5;/h8-9,12,14H,6-7,10-11,13H2,1-5H3,(H2,19,20,21);1H. The first-order chi connectivity index (χ1) is 11.6. The molecule has 0 aliphatic carbocycles. The summed E-state index contributed by atoms with van der Waals surface area (Å²) in [6, 6.07) is 6.28. The van der Waals surface area contributed by atoms with Crippen molar-refractivity contribution in [3.63, 3.8) is 0 Å². The van der Waals surface area contributed by atoms with Crippen LogP contribution in [0.2, 0.25) is 0 Å². The summed E-state index contributed by atoms with van der Waals surface area (Å²) >= 11 is 0. The van der Waals surface area contributed by atoms with Crippen LogP contribution < -0.4 is 20.1 Å². The monoisotopic (exact) mass is 465 g/mol. The first kappa shape index (κ1) is 23.8. The summed E-state index contributed by atoms with van der Waals surface area (Å²) in [6.45, 7) is 8.66. The largest absolute Gasteiger partial charge is 0.490 e. The number of aliphatic imine (C=N–C) groups is 1. The summed E-state index contributed by atoms with van der Waals surface area (Å²) in [4.78, 5) is 4.22. The van der Waals surface area contributed by atoms with Crippen molar-refractivity contribution >= 4 is 29.9 Å². The predicted molar refractivity (Wildman–Crippen MR) is 114 cm³/mol. The van der Waals surface area contributed by atoms with Crippen molar-refractivity contribution in [2.24, 2.45) is 4.99 Å². The van der Waals surface area contributed by atoms with Crippen LogP contribution >= 0.6 is 24.0 Å². The van der Waals surface area contributed by atoms with Crippen LogP contribution in [0.25, 0.3) is 0 Å². The molecule has 1 rings (SSSR count). The topological polar surface area (TPSA) is 64.1 Å². The number of hydrogen-bond donors (Lipinski definition) is 2. The molecule has 25 heavy (non-hydrogen) atoms. The van der Waals surface area contributed by atoms with Gasteiger partial charge in [0.15, 0.2) is 17.5 Å². The zero-order valence-corrected chi connectivity index (χ0v) is 18.3. The van der Waals surface area contributed by atoms with E-state index in [4.69, 9.17) is 14.2 Å². The molecule has 0 radical (unpaired) electrons. The number of hydrogen-bond acceptors (Lipinski definition) is 4. The molecule has 0 amide bonds. The van der Waals surface area contributed by atoms with Gasteiger partial charge in [0.1, 0.15) is 0 Å². The number of ether oxygens (including phenoxy) is 3. The third kappa shape index (κ3) is 9.15. The van der Waals surface area contributed by atoms with Crippen LogP contribution in [-0.2, 0) is 11.2 Å². The SMILES string of the molecule is CCOc1ccc(CCNC(=NC)NC(C)COC)cc1OCC.I. The molecule has 0 saturated carbocycles. The van der Waals surface area contributed by atoms with Gasteiger partial charge in [-0.15, -0.1) is 24.0 Å². The summed E-state index contributed by atoms with van der Waals surface area (Å²) < 4.78 is 16.4. The fourth-order valence-electron chi connectivity index (χ4n) is 2.30. The van der Waals surface area contributed by atoms with E-state index < -0.39 is 0 Å². The van der Waals surface area contributed by atoms with Crippen molar-refractivity contribution < 1.29 is 14.2 Å². The second kappa shape index (κ2) is 14.0. The van der Waals surface area contributed by atoms with Gasteiger partial charge in [-0.05, 0) is 44.9 Å². The van der Waals surface area contributed by atoms with E-state index in [1.807, 2.05) is 26.0 Å². The van der Waals surface area contributed by atoms with Gasteiger partial charge in [-0.25, -0.2) is 0 Å². The minimum absolute atomic E-state index is 0. The van der Waals surface area contributed by atoms with Gasteiger partial charge in [0, 0.05) is 26.7 Å². The lowest BCUT2D eigenvalue weighted by Gasteiger charge is -2.17. The number of nitrogens with zero attached hydrogens (tertiary/aromatic N) is 1. The normalized spacial score (nSPS) is 12.1. The molecule has 6 nitrogen and oxygen atoms in total. The quantitative estimate of drug-likeness (QED) is 0.316. The van der Waals surface area contributed by atoms with E-state index in [1.165, 1.54) is 5.56 Å². The molecule has 0 aliphatic rings. The predicted octanol–water partition coefficient (Wildman–Crippen LogP) is 2.84. The van der Waals surface area contributed by atoms with Gasteiger partial charge in [0.25, 0.3) is 0 Å². The first-order valence-corrected chi connectivity index (χ1v) is 8.49. The molecule has 7 heteroatoms. The average Bonchev–Trinajstić information content (AvgIpc) is 2.56. The number of benzene rings is 1. The van der Waals surface area contributed by atoms with Gasteiger partial charge >= 0.3 is 0 Å². The summed E-state index contributed by atoms with van der Waals surface area (Å²) in [5, 5.41) is 6.59. The van der Waals surface area contributed by atoms with Crippen LogP contribution in [0.4, 0.5) is 0 Å². The Labute approximate surface area is 168 Å². The van der Waals surface area contributed by atoms with Crippen molar-refractivity contribution in [1.82, 2.24) is 10.6 Å². The maximum absolute atomic E-state index is 5.66. The highest BCUT2D eigenvalue weighted by Gasteiger charge is 2.07. The van der Waals surface area contributed by atoms with Gasteiger partial charge in [-0.2, -0.15) is 0 Å². The highest BCUT2D eigenvalue weighted by molar-refractivity contribution is 14.0. The van der Waals surface area contributed by atoms with Crippen LogP contribution in [0.1, 0.15) is 26.3 Å². The van der Waals surface area contributed by atoms with Crippen LogP contribution in [0, 0.1) is 0 Å². The molecule has 0 fully saturated rings. The van der Waals surface area contributed by atoms with Crippen molar-refractivity contribution in [2.75, 3.05) is 40.5 Å². The van der Waals surface area contributed by atoms with Crippen molar-refractivity contribution in [2.45, 2.75) is 33.2 Å². The molecule has 144 valence electrons.